The van der Waals surface area contributed by atoms with Crippen LogP contribution in [0, 0.1) is 12.8 Å². The lowest BCUT2D eigenvalue weighted by Crippen LogP contribution is -2.39. The Morgan fingerprint density at radius 1 is 1.36 bits per heavy atom. The fourth-order valence-electron chi connectivity index (χ4n) is 4.11. The Balaban J connectivity index is 1.67. The van der Waals surface area contributed by atoms with Crippen LogP contribution in [0.2, 0.25) is 0 Å². The zero-order valence-corrected chi connectivity index (χ0v) is 17.6. The molecule has 4 heterocycles. The van der Waals surface area contributed by atoms with E-state index >= 15 is 0 Å². The summed E-state index contributed by atoms with van der Waals surface area (Å²) in [6, 6.07) is 6.01. The number of pyridine rings is 1. The molecule has 1 saturated heterocycles. The Kier molecular flexibility index (Phi) is 5.46. The third-order valence-electron chi connectivity index (χ3n) is 5.68. The van der Waals surface area contributed by atoms with E-state index < -0.39 is 0 Å². The van der Waals surface area contributed by atoms with Gasteiger partial charge in [-0.15, -0.1) is 11.3 Å². The lowest BCUT2D eigenvalue weighted by molar-refractivity contribution is 0.0689. The summed E-state index contributed by atoms with van der Waals surface area (Å²) >= 11 is 1.64. The van der Waals surface area contributed by atoms with Crippen LogP contribution in [0.1, 0.15) is 35.3 Å². The molecule has 1 N–H and O–H groups in total. The zero-order chi connectivity index (χ0) is 19.7. The highest BCUT2D eigenvalue weighted by Gasteiger charge is 2.27. The highest BCUT2D eigenvalue weighted by atomic mass is 32.1. The van der Waals surface area contributed by atoms with Crippen molar-refractivity contribution in [2.75, 3.05) is 26.7 Å². The summed E-state index contributed by atoms with van der Waals surface area (Å²) in [5.74, 6) is 0.809. The number of piperidine rings is 1. The summed E-state index contributed by atoms with van der Waals surface area (Å²) in [7, 11) is 3.89. The maximum absolute atomic E-state index is 13.5. The molecule has 1 aliphatic rings. The van der Waals surface area contributed by atoms with Crippen molar-refractivity contribution in [1.29, 1.82) is 0 Å². The van der Waals surface area contributed by atoms with Gasteiger partial charge in [0, 0.05) is 20.1 Å². The third kappa shape index (κ3) is 3.56. The first-order chi connectivity index (χ1) is 13.6. The molecular weight excluding hydrogens is 370 g/mol. The predicted molar refractivity (Wildman–Crippen MR) is 114 cm³/mol. The molecule has 3 aromatic heterocycles. The lowest BCUT2D eigenvalue weighted by atomic mass is 9.93. The van der Waals surface area contributed by atoms with Gasteiger partial charge < -0.3 is 10.2 Å². The van der Waals surface area contributed by atoms with E-state index in [0.717, 1.165) is 65.3 Å². The minimum atomic E-state index is 0.105. The SMILES string of the molecule is CNCCC1CCN(C(=O)c2cc(-c3cccs3)nc3c2c(C)nn3C)CC1. The maximum atomic E-state index is 13.5. The van der Waals surface area contributed by atoms with Gasteiger partial charge in [-0.25, -0.2) is 4.98 Å². The number of hydrogen-bond acceptors (Lipinski definition) is 5. The molecule has 0 radical (unpaired) electrons. The molecule has 0 unspecified atom stereocenters. The topological polar surface area (TPSA) is 63.1 Å². The van der Waals surface area contributed by atoms with E-state index in [4.69, 9.17) is 4.98 Å². The second-order valence-corrected chi connectivity index (χ2v) is 8.52. The highest BCUT2D eigenvalue weighted by molar-refractivity contribution is 7.13. The normalized spacial score (nSPS) is 15.5. The number of hydrogen-bond donors (Lipinski definition) is 1. The lowest BCUT2D eigenvalue weighted by Gasteiger charge is -2.32. The van der Waals surface area contributed by atoms with Crippen molar-refractivity contribution >= 4 is 28.3 Å². The van der Waals surface area contributed by atoms with Gasteiger partial charge in [0.25, 0.3) is 5.91 Å². The van der Waals surface area contributed by atoms with Crippen molar-refractivity contribution in [3.8, 4) is 10.6 Å². The molecule has 148 valence electrons. The fraction of sp³-hybridized carbons (Fsp3) is 0.476. The van der Waals surface area contributed by atoms with Crippen molar-refractivity contribution in [3.05, 3.63) is 34.8 Å². The van der Waals surface area contributed by atoms with Crippen LogP contribution < -0.4 is 5.32 Å². The van der Waals surface area contributed by atoms with Gasteiger partial charge in [-0.2, -0.15) is 5.10 Å². The van der Waals surface area contributed by atoms with Crippen molar-refractivity contribution in [1.82, 2.24) is 25.0 Å². The fourth-order valence-corrected chi connectivity index (χ4v) is 4.79. The van der Waals surface area contributed by atoms with Gasteiger partial charge in [0.05, 0.1) is 27.2 Å². The summed E-state index contributed by atoms with van der Waals surface area (Å²) in [6.07, 6.45) is 3.33. The average molecular weight is 398 g/mol. The molecular formula is C21H27N5OS. The van der Waals surface area contributed by atoms with Gasteiger partial charge in [0.1, 0.15) is 0 Å². The molecule has 28 heavy (non-hydrogen) atoms. The minimum absolute atomic E-state index is 0.105. The summed E-state index contributed by atoms with van der Waals surface area (Å²) in [6.45, 7) is 4.65. The van der Waals surface area contributed by atoms with E-state index in [2.05, 4.69) is 10.4 Å². The van der Waals surface area contributed by atoms with Crippen molar-refractivity contribution < 1.29 is 4.79 Å². The van der Waals surface area contributed by atoms with E-state index in [9.17, 15) is 4.79 Å². The smallest absolute Gasteiger partial charge is 0.254 e. The summed E-state index contributed by atoms with van der Waals surface area (Å²) in [4.78, 5) is 21.4. The van der Waals surface area contributed by atoms with Crippen LogP contribution in [-0.4, -0.2) is 52.3 Å². The molecule has 0 atom stereocenters. The number of likely N-dealkylation sites (tertiary alicyclic amines) is 1. The molecule has 0 bridgehead atoms. The van der Waals surface area contributed by atoms with Gasteiger partial charge in [-0.3, -0.25) is 9.48 Å². The van der Waals surface area contributed by atoms with Crippen molar-refractivity contribution in [2.24, 2.45) is 13.0 Å². The second kappa shape index (κ2) is 8.01. The molecule has 1 amide bonds. The summed E-state index contributed by atoms with van der Waals surface area (Å²) in [5.41, 5.74) is 3.20. The van der Waals surface area contributed by atoms with Crippen LogP contribution in [0.3, 0.4) is 0 Å². The molecule has 3 aromatic rings. The standard InChI is InChI=1S/C21H27N5OS/c1-14-19-16(21(27)26-10-7-15(8-11-26)6-9-22-2)13-17(18-5-4-12-28-18)23-20(19)25(3)24-14/h4-5,12-13,15,22H,6-11H2,1-3H3. The zero-order valence-electron chi connectivity index (χ0n) is 16.7. The largest absolute Gasteiger partial charge is 0.339 e. The average Bonchev–Trinajstić information content (AvgIpc) is 3.34. The van der Waals surface area contributed by atoms with Gasteiger partial charge >= 0.3 is 0 Å². The quantitative estimate of drug-likeness (QED) is 0.716. The Labute approximate surface area is 169 Å². The summed E-state index contributed by atoms with van der Waals surface area (Å²) in [5, 5.41) is 10.7. The number of nitrogens with one attached hydrogen (secondary N) is 1. The van der Waals surface area contributed by atoms with E-state index in [1.165, 1.54) is 6.42 Å². The van der Waals surface area contributed by atoms with Crippen LogP contribution in [0.5, 0.6) is 0 Å². The number of thiophene rings is 1. The van der Waals surface area contributed by atoms with Gasteiger partial charge in [0.15, 0.2) is 5.65 Å². The van der Waals surface area contributed by atoms with E-state index in [1.54, 1.807) is 16.0 Å². The molecule has 1 fully saturated rings. The molecule has 4 rings (SSSR count). The number of aromatic nitrogens is 3. The molecule has 1 aliphatic heterocycles. The second-order valence-electron chi connectivity index (χ2n) is 7.57. The molecule has 6 nitrogen and oxygen atoms in total. The number of fused-ring (bicyclic) bond motifs is 1. The molecule has 0 saturated carbocycles. The number of nitrogens with zero attached hydrogens (tertiary/aromatic N) is 4. The predicted octanol–water partition coefficient (Wildman–Crippen LogP) is 3.47. The van der Waals surface area contributed by atoms with Crippen LogP contribution in [0.25, 0.3) is 21.6 Å². The Morgan fingerprint density at radius 3 is 2.82 bits per heavy atom. The van der Waals surface area contributed by atoms with E-state index in [0.29, 0.717) is 5.92 Å². The maximum Gasteiger partial charge on any atom is 0.254 e. The van der Waals surface area contributed by atoms with Crippen LogP contribution in [-0.2, 0) is 7.05 Å². The Morgan fingerprint density at radius 2 is 2.14 bits per heavy atom. The van der Waals surface area contributed by atoms with Crippen LogP contribution in [0.15, 0.2) is 23.6 Å². The minimum Gasteiger partial charge on any atom is -0.339 e. The first-order valence-corrected chi connectivity index (χ1v) is 10.8. The summed E-state index contributed by atoms with van der Waals surface area (Å²) < 4.78 is 1.78. The first-order valence-electron chi connectivity index (χ1n) is 9.90. The number of carbonyl (C=O) groups excluding carboxylic acids is 1. The van der Waals surface area contributed by atoms with Crippen molar-refractivity contribution in [2.45, 2.75) is 26.2 Å². The van der Waals surface area contributed by atoms with Gasteiger partial charge in [0.2, 0.25) is 0 Å². The number of aryl methyl sites for hydroxylation is 2. The molecule has 0 aliphatic carbocycles. The van der Waals surface area contributed by atoms with Gasteiger partial charge in [-0.1, -0.05) is 6.07 Å². The number of carbonyl (C=O) groups is 1. The third-order valence-corrected chi connectivity index (χ3v) is 6.57. The number of rotatable bonds is 5. The van der Waals surface area contributed by atoms with Gasteiger partial charge in [-0.05, 0) is 63.2 Å². The Hall–Kier alpha value is -2.25. The highest BCUT2D eigenvalue weighted by Crippen LogP contribution is 2.31. The molecule has 0 spiro atoms. The van der Waals surface area contributed by atoms with E-state index in [1.807, 2.05) is 49.5 Å². The molecule has 7 heteroatoms. The van der Waals surface area contributed by atoms with E-state index in [-0.39, 0.29) is 5.91 Å². The Bertz CT molecular complexity index is 971. The molecule has 0 aromatic carbocycles. The van der Waals surface area contributed by atoms with Crippen molar-refractivity contribution in [3.63, 3.8) is 0 Å². The van der Waals surface area contributed by atoms with Crippen LogP contribution >= 0.6 is 11.3 Å². The number of amides is 1. The monoisotopic (exact) mass is 397 g/mol. The first kappa shape index (κ1) is 19.1. The van der Waals surface area contributed by atoms with Crippen LogP contribution in [0.4, 0.5) is 0 Å².